The van der Waals surface area contributed by atoms with Gasteiger partial charge in [-0.15, -0.1) is 0 Å². The summed E-state index contributed by atoms with van der Waals surface area (Å²) in [7, 11) is 0. The number of carbonyl (C=O) groups is 3. The molecule has 0 aromatic rings. The molecule has 5 nitrogen and oxygen atoms in total. The minimum atomic E-state index is -1.07. The molecule has 0 bridgehead atoms. The molecule has 0 aromatic heterocycles. The molecule has 3 unspecified atom stereocenters. The van der Waals surface area contributed by atoms with Crippen LogP contribution in [0.2, 0.25) is 0 Å². The van der Waals surface area contributed by atoms with E-state index in [2.05, 4.69) is 11.9 Å². The van der Waals surface area contributed by atoms with E-state index >= 15 is 0 Å². The fraction of sp³-hybridized carbons (Fsp3) is 0.500. The smallest absolute Gasteiger partial charge is 0.333 e. The highest BCUT2D eigenvalue weighted by atomic mass is 16.5. The van der Waals surface area contributed by atoms with E-state index in [1.54, 1.807) is 19.9 Å². The summed E-state index contributed by atoms with van der Waals surface area (Å²) in [5.74, 6) is -1.68. The van der Waals surface area contributed by atoms with Crippen LogP contribution in [-0.2, 0) is 19.1 Å². The quantitative estimate of drug-likeness (QED) is 0.358. The fourth-order valence-corrected chi connectivity index (χ4v) is 2.75. The van der Waals surface area contributed by atoms with Crippen LogP contribution in [0.4, 0.5) is 0 Å². The largest absolute Gasteiger partial charge is 0.458 e. The number of allylic oxidation sites excluding steroid dienone is 1. The molecule has 1 fully saturated rings. The number of rotatable bonds is 3. The molecular formula is C14H17NO4. The summed E-state index contributed by atoms with van der Waals surface area (Å²) < 4.78 is 5.27. The third-order valence-corrected chi connectivity index (χ3v) is 3.84. The molecule has 1 N–H and O–H groups in total. The molecule has 1 aliphatic heterocycles. The molecule has 102 valence electrons. The van der Waals surface area contributed by atoms with Crippen molar-refractivity contribution in [3.05, 3.63) is 24.3 Å². The van der Waals surface area contributed by atoms with E-state index in [1.807, 2.05) is 6.08 Å². The highest BCUT2D eigenvalue weighted by Crippen LogP contribution is 2.45. The second-order valence-electron chi connectivity index (χ2n) is 5.11. The standard InChI is InChI=1S/C14H17NO4/c1-8(2)12(17)19-9(3)14-7-5-4-6-10(14)11(16)15-13(14)18/h5,7,9-10H,1,4,6H2,2-3H3,(H,15,16,18). The molecule has 1 saturated heterocycles. The summed E-state index contributed by atoms with van der Waals surface area (Å²) >= 11 is 0. The van der Waals surface area contributed by atoms with Crippen LogP contribution < -0.4 is 5.32 Å². The number of amides is 2. The Morgan fingerprint density at radius 2 is 2.26 bits per heavy atom. The number of hydrogen-bond donors (Lipinski definition) is 1. The Balaban J connectivity index is 2.32. The van der Waals surface area contributed by atoms with Crippen molar-refractivity contribution >= 4 is 17.8 Å². The van der Waals surface area contributed by atoms with E-state index in [0.29, 0.717) is 6.42 Å². The number of hydrogen-bond acceptors (Lipinski definition) is 4. The average Bonchev–Trinajstić information content (AvgIpc) is 2.63. The van der Waals surface area contributed by atoms with Gasteiger partial charge < -0.3 is 4.74 Å². The number of nitrogens with one attached hydrogen (secondary N) is 1. The van der Waals surface area contributed by atoms with Gasteiger partial charge in [0, 0.05) is 5.57 Å². The Morgan fingerprint density at radius 1 is 1.58 bits per heavy atom. The monoisotopic (exact) mass is 263 g/mol. The Kier molecular flexibility index (Phi) is 3.30. The Morgan fingerprint density at radius 3 is 2.89 bits per heavy atom. The van der Waals surface area contributed by atoms with Crippen molar-refractivity contribution in [2.75, 3.05) is 0 Å². The molecule has 19 heavy (non-hydrogen) atoms. The molecule has 2 amide bonds. The second-order valence-corrected chi connectivity index (χ2v) is 5.11. The van der Waals surface area contributed by atoms with E-state index < -0.39 is 23.4 Å². The number of carbonyl (C=O) groups excluding carboxylic acids is 3. The van der Waals surface area contributed by atoms with Gasteiger partial charge in [0.1, 0.15) is 11.5 Å². The Bertz CT molecular complexity index is 494. The summed E-state index contributed by atoms with van der Waals surface area (Å²) in [5, 5.41) is 2.34. The maximum absolute atomic E-state index is 12.1. The van der Waals surface area contributed by atoms with E-state index in [-0.39, 0.29) is 17.4 Å². The van der Waals surface area contributed by atoms with Gasteiger partial charge in [-0.3, -0.25) is 14.9 Å². The Labute approximate surface area is 111 Å². The summed E-state index contributed by atoms with van der Waals surface area (Å²) in [6, 6.07) is 0. The van der Waals surface area contributed by atoms with Crippen LogP contribution in [0.1, 0.15) is 26.7 Å². The second kappa shape index (κ2) is 4.64. The van der Waals surface area contributed by atoms with Crippen LogP contribution in [-0.4, -0.2) is 23.9 Å². The van der Waals surface area contributed by atoms with Crippen molar-refractivity contribution in [1.29, 1.82) is 0 Å². The van der Waals surface area contributed by atoms with Gasteiger partial charge in [-0.1, -0.05) is 18.7 Å². The predicted molar refractivity (Wildman–Crippen MR) is 67.8 cm³/mol. The van der Waals surface area contributed by atoms with E-state index in [1.165, 1.54) is 0 Å². The van der Waals surface area contributed by atoms with Gasteiger partial charge >= 0.3 is 5.97 Å². The highest BCUT2D eigenvalue weighted by Gasteiger charge is 2.58. The van der Waals surface area contributed by atoms with Crippen molar-refractivity contribution in [1.82, 2.24) is 5.32 Å². The molecule has 5 heteroatoms. The zero-order chi connectivity index (χ0) is 14.2. The van der Waals surface area contributed by atoms with Gasteiger partial charge in [-0.2, -0.15) is 0 Å². The first-order valence-electron chi connectivity index (χ1n) is 6.29. The van der Waals surface area contributed by atoms with Gasteiger partial charge in [0.25, 0.3) is 0 Å². The normalized spacial score (nSPS) is 30.5. The SMILES string of the molecule is C=C(C)C(=O)OC(C)C12C=CCCC1C(=O)NC2=O. The van der Waals surface area contributed by atoms with Crippen molar-refractivity contribution in [3.8, 4) is 0 Å². The van der Waals surface area contributed by atoms with Crippen LogP contribution in [0.5, 0.6) is 0 Å². The molecule has 0 saturated carbocycles. The summed E-state index contributed by atoms with van der Waals surface area (Å²) in [6.07, 6.45) is 4.19. The minimum Gasteiger partial charge on any atom is -0.458 e. The molecule has 2 rings (SSSR count). The lowest BCUT2D eigenvalue weighted by atomic mass is 9.68. The van der Waals surface area contributed by atoms with Crippen LogP contribution in [0.15, 0.2) is 24.3 Å². The lowest BCUT2D eigenvalue weighted by molar-refractivity contribution is -0.154. The Hall–Kier alpha value is -1.91. The topological polar surface area (TPSA) is 72.5 Å². The van der Waals surface area contributed by atoms with Gasteiger partial charge in [-0.05, 0) is 26.7 Å². The fourth-order valence-electron chi connectivity index (χ4n) is 2.75. The van der Waals surface area contributed by atoms with Gasteiger partial charge in [0.15, 0.2) is 0 Å². The summed E-state index contributed by atoms with van der Waals surface area (Å²) in [6.45, 7) is 6.69. The minimum absolute atomic E-state index is 0.268. The molecule has 1 heterocycles. The first-order chi connectivity index (χ1) is 8.89. The molecule has 3 atom stereocenters. The molecule has 0 aromatic carbocycles. The third kappa shape index (κ3) is 1.99. The third-order valence-electron chi connectivity index (χ3n) is 3.84. The average molecular weight is 263 g/mol. The number of fused-ring (bicyclic) bond motifs is 1. The van der Waals surface area contributed by atoms with Crippen LogP contribution in [0, 0.1) is 11.3 Å². The number of imide groups is 1. The number of esters is 1. The van der Waals surface area contributed by atoms with Crippen molar-refractivity contribution in [2.45, 2.75) is 32.8 Å². The molecular weight excluding hydrogens is 246 g/mol. The molecule has 2 aliphatic rings. The zero-order valence-corrected chi connectivity index (χ0v) is 11.1. The van der Waals surface area contributed by atoms with Crippen LogP contribution in [0.25, 0.3) is 0 Å². The van der Waals surface area contributed by atoms with Gasteiger partial charge in [0.05, 0.1) is 5.92 Å². The van der Waals surface area contributed by atoms with E-state index in [9.17, 15) is 14.4 Å². The van der Waals surface area contributed by atoms with Crippen LogP contribution >= 0.6 is 0 Å². The first-order valence-corrected chi connectivity index (χ1v) is 6.29. The molecule has 0 spiro atoms. The zero-order valence-electron chi connectivity index (χ0n) is 11.1. The lowest BCUT2D eigenvalue weighted by Gasteiger charge is -2.35. The highest BCUT2D eigenvalue weighted by molar-refractivity contribution is 6.09. The van der Waals surface area contributed by atoms with Crippen molar-refractivity contribution < 1.29 is 19.1 Å². The van der Waals surface area contributed by atoms with Gasteiger partial charge in [-0.25, -0.2) is 4.79 Å². The van der Waals surface area contributed by atoms with Crippen molar-refractivity contribution in [3.63, 3.8) is 0 Å². The van der Waals surface area contributed by atoms with E-state index in [0.717, 1.165) is 6.42 Å². The van der Waals surface area contributed by atoms with Crippen LogP contribution in [0.3, 0.4) is 0 Å². The summed E-state index contributed by atoms with van der Waals surface area (Å²) in [5.41, 5.74) is -0.801. The predicted octanol–water partition coefficient (Wildman–Crippen LogP) is 1.10. The molecule has 0 radical (unpaired) electrons. The van der Waals surface area contributed by atoms with Gasteiger partial charge in [0.2, 0.25) is 11.8 Å². The first kappa shape index (κ1) is 13.5. The number of ether oxygens (including phenoxy) is 1. The maximum atomic E-state index is 12.1. The summed E-state index contributed by atoms with van der Waals surface area (Å²) in [4.78, 5) is 35.6. The van der Waals surface area contributed by atoms with Crippen molar-refractivity contribution in [2.24, 2.45) is 11.3 Å². The lowest BCUT2D eigenvalue weighted by Crippen LogP contribution is -2.46. The molecule has 1 aliphatic carbocycles. The van der Waals surface area contributed by atoms with E-state index in [4.69, 9.17) is 4.74 Å². The maximum Gasteiger partial charge on any atom is 0.333 e.